The molecule has 10 nitrogen and oxygen atoms in total. The number of aryl methyl sites for hydroxylation is 1. The third-order valence-corrected chi connectivity index (χ3v) is 4.97. The fourth-order valence-corrected chi connectivity index (χ4v) is 3.35. The molecule has 2 N–H and O–H groups in total. The Morgan fingerprint density at radius 2 is 1.47 bits per heavy atom. The summed E-state index contributed by atoms with van der Waals surface area (Å²) in [5.41, 5.74) is 1.60. The van der Waals surface area contributed by atoms with Crippen LogP contribution >= 0.6 is 0 Å². The van der Waals surface area contributed by atoms with E-state index in [2.05, 4.69) is 10.6 Å². The number of carbonyl (C=O) groups is 2. The highest BCUT2D eigenvalue weighted by atomic mass is 16.6. The van der Waals surface area contributed by atoms with Crippen LogP contribution in [0.1, 0.15) is 29.8 Å². The minimum atomic E-state index is -0.483. The number of rotatable bonds is 11. The van der Waals surface area contributed by atoms with Gasteiger partial charge in [-0.2, -0.15) is 0 Å². The fourth-order valence-electron chi connectivity index (χ4n) is 3.35. The molecular formula is C26H27N3O7. The Labute approximate surface area is 208 Å². The molecule has 3 rings (SSSR count). The predicted octanol–water partition coefficient (Wildman–Crippen LogP) is 4.97. The Morgan fingerprint density at radius 1 is 0.861 bits per heavy atom. The second kappa shape index (κ2) is 12.2. The monoisotopic (exact) mass is 493 g/mol. The molecule has 0 aromatic heterocycles. The number of nitrogens with zero attached hydrogens (tertiary/aromatic N) is 1. The van der Waals surface area contributed by atoms with Crippen molar-refractivity contribution in [2.75, 3.05) is 30.5 Å². The van der Waals surface area contributed by atoms with Crippen molar-refractivity contribution in [1.29, 1.82) is 0 Å². The highest BCUT2D eigenvalue weighted by molar-refractivity contribution is 6.05. The first kappa shape index (κ1) is 26.0. The number of hydrogen-bond donors (Lipinski definition) is 2. The Hall–Kier alpha value is -4.60. The molecule has 0 atom stereocenters. The van der Waals surface area contributed by atoms with E-state index in [-0.39, 0.29) is 18.2 Å². The van der Waals surface area contributed by atoms with Gasteiger partial charge < -0.3 is 24.8 Å². The number of nitro groups is 1. The number of amides is 2. The lowest BCUT2D eigenvalue weighted by molar-refractivity contribution is -0.385. The molecule has 0 heterocycles. The van der Waals surface area contributed by atoms with Crippen LogP contribution in [0.4, 0.5) is 17.1 Å². The third-order valence-electron chi connectivity index (χ3n) is 4.97. The van der Waals surface area contributed by atoms with Crippen LogP contribution in [0.5, 0.6) is 17.2 Å². The highest BCUT2D eigenvalue weighted by Gasteiger charge is 2.18. The van der Waals surface area contributed by atoms with Gasteiger partial charge in [-0.3, -0.25) is 19.7 Å². The number of ether oxygens (including phenoxy) is 3. The average molecular weight is 494 g/mol. The zero-order valence-corrected chi connectivity index (χ0v) is 20.2. The summed E-state index contributed by atoms with van der Waals surface area (Å²) in [5, 5.41) is 16.5. The molecule has 0 fully saturated rings. The van der Waals surface area contributed by atoms with E-state index in [4.69, 9.17) is 14.2 Å². The molecule has 0 aliphatic carbocycles. The topological polar surface area (TPSA) is 129 Å². The van der Waals surface area contributed by atoms with E-state index in [1.807, 2.05) is 6.07 Å². The first-order chi connectivity index (χ1) is 17.3. The number of hydrogen-bond acceptors (Lipinski definition) is 7. The second-order valence-electron chi connectivity index (χ2n) is 7.57. The minimum absolute atomic E-state index is 0.0314. The summed E-state index contributed by atoms with van der Waals surface area (Å²) in [6, 6.07) is 16.2. The maximum atomic E-state index is 12.7. The maximum Gasteiger partial charge on any atom is 0.272 e. The normalized spacial score (nSPS) is 10.3. The van der Waals surface area contributed by atoms with Crippen molar-refractivity contribution in [3.63, 3.8) is 0 Å². The maximum absolute atomic E-state index is 12.7. The van der Waals surface area contributed by atoms with Crippen molar-refractivity contribution >= 4 is 28.9 Å². The van der Waals surface area contributed by atoms with Crippen LogP contribution in [-0.4, -0.2) is 36.6 Å². The number of benzene rings is 3. The molecule has 0 saturated carbocycles. The first-order valence-electron chi connectivity index (χ1n) is 11.3. The SMILES string of the molecule is CCOc1cc(NC(=O)c2ccccc2)c(OCC)cc1NC(=O)COc1ccc([N+](=O)[O-])c(C)c1. The van der Waals surface area contributed by atoms with Crippen molar-refractivity contribution in [2.24, 2.45) is 0 Å². The van der Waals surface area contributed by atoms with Gasteiger partial charge in [0.15, 0.2) is 6.61 Å². The van der Waals surface area contributed by atoms with E-state index in [9.17, 15) is 19.7 Å². The lowest BCUT2D eigenvalue weighted by Crippen LogP contribution is -2.21. The summed E-state index contributed by atoms with van der Waals surface area (Å²) >= 11 is 0. The molecule has 0 saturated heterocycles. The van der Waals surface area contributed by atoms with Crippen LogP contribution in [0.2, 0.25) is 0 Å². The molecule has 10 heteroatoms. The lowest BCUT2D eigenvalue weighted by atomic mass is 10.2. The molecule has 0 unspecified atom stereocenters. The van der Waals surface area contributed by atoms with Gasteiger partial charge in [-0.1, -0.05) is 18.2 Å². The number of nitro benzene ring substituents is 1. The third kappa shape index (κ3) is 6.72. The Bertz CT molecular complexity index is 1250. The molecule has 3 aromatic rings. The van der Waals surface area contributed by atoms with Gasteiger partial charge in [-0.25, -0.2) is 0 Å². The highest BCUT2D eigenvalue weighted by Crippen LogP contribution is 2.37. The van der Waals surface area contributed by atoms with Crippen LogP contribution in [-0.2, 0) is 4.79 Å². The van der Waals surface area contributed by atoms with Gasteiger partial charge in [-0.05, 0) is 45.0 Å². The lowest BCUT2D eigenvalue weighted by Gasteiger charge is -2.18. The summed E-state index contributed by atoms with van der Waals surface area (Å²) in [6.45, 7) is 5.51. The van der Waals surface area contributed by atoms with Crippen molar-refractivity contribution in [2.45, 2.75) is 20.8 Å². The molecule has 188 valence electrons. The van der Waals surface area contributed by atoms with E-state index in [1.54, 1.807) is 57.2 Å². The molecule has 2 amide bonds. The molecule has 0 bridgehead atoms. The van der Waals surface area contributed by atoms with Crippen molar-refractivity contribution in [3.05, 3.63) is 81.9 Å². The Morgan fingerprint density at radius 3 is 2.03 bits per heavy atom. The molecule has 0 radical (unpaired) electrons. The van der Waals surface area contributed by atoms with Gasteiger partial charge >= 0.3 is 0 Å². The second-order valence-corrected chi connectivity index (χ2v) is 7.57. The summed E-state index contributed by atoms with van der Waals surface area (Å²) in [5.74, 6) is 0.224. The van der Waals surface area contributed by atoms with Gasteiger partial charge in [0, 0.05) is 29.3 Å². The van der Waals surface area contributed by atoms with Gasteiger partial charge in [0.1, 0.15) is 17.2 Å². The van der Waals surface area contributed by atoms with Gasteiger partial charge in [0.05, 0.1) is 29.5 Å². The van der Waals surface area contributed by atoms with Crippen LogP contribution < -0.4 is 24.8 Å². The van der Waals surface area contributed by atoms with E-state index in [0.29, 0.717) is 53.0 Å². The van der Waals surface area contributed by atoms with Crippen molar-refractivity contribution in [1.82, 2.24) is 0 Å². The predicted molar refractivity (Wildman–Crippen MR) is 135 cm³/mol. The van der Waals surface area contributed by atoms with Crippen molar-refractivity contribution in [3.8, 4) is 17.2 Å². The van der Waals surface area contributed by atoms with Gasteiger partial charge in [-0.15, -0.1) is 0 Å². The van der Waals surface area contributed by atoms with Gasteiger partial charge in [0.2, 0.25) is 0 Å². The molecule has 36 heavy (non-hydrogen) atoms. The fraction of sp³-hybridized carbons (Fsp3) is 0.231. The van der Waals surface area contributed by atoms with Crippen LogP contribution in [0, 0.1) is 17.0 Å². The van der Waals surface area contributed by atoms with E-state index >= 15 is 0 Å². The van der Waals surface area contributed by atoms with Crippen LogP contribution in [0.3, 0.4) is 0 Å². The number of anilines is 2. The molecule has 3 aromatic carbocycles. The van der Waals surface area contributed by atoms with E-state index in [1.165, 1.54) is 18.2 Å². The standard InChI is InChI=1S/C26H27N3O7/c1-4-34-23-15-21(28-26(31)18-9-7-6-8-10-18)24(35-5-2)14-20(23)27-25(30)16-36-19-11-12-22(29(32)33)17(3)13-19/h6-15H,4-5,16H2,1-3H3,(H,27,30)(H,28,31). The number of carbonyl (C=O) groups excluding carboxylic acids is 2. The summed E-state index contributed by atoms with van der Waals surface area (Å²) in [7, 11) is 0. The Balaban J connectivity index is 1.77. The smallest absolute Gasteiger partial charge is 0.272 e. The minimum Gasteiger partial charge on any atom is -0.492 e. The molecule has 0 spiro atoms. The Kier molecular flexibility index (Phi) is 8.82. The van der Waals surface area contributed by atoms with Crippen LogP contribution in [0.15, 0.2) is 60.7 Å². The first-order valence-corrected chi connectivity index (χ1v) is 11.3. The molecule has 0 aliphatic heterocycles. The summed E-state index contributed by atoms with van der Waals surface area (Å²) in [6.07, 6.45) is 0. The zero-order valence-electron chi connectivity index (χ0n) is 20.2. The van der Waals surface area contributed by atoms with Gasteiger partial charge in [0.25, 0.3) is 17.5 Å². The van der Waals surface area contributed by atoms with E-state index < -0.39 is 10.8 Å². The molecule has 0 aliphatic rings. The number of nitrogens with one attached hydrogen (secondary N) is 2. The quantitative estimate of drug-likeness (QED) is 0.285. The summed E-state index contributed by atoms with van der Waals surface area (Å²) < 4.78 is 16.9. The van der Waals surface area contributed by atoms with Crippen molar-refractivity contribution < 1.29 is 28.7 Å². The van der Waals surface area contributed by atoms with Crippen LogP contribution in [0.25, 0.3) is 0 Å². The average Bonchev–Trinajstić information content (AvgIpc) is 2.85. The van der Waals surface area contributed by atoms with E-state index in [0.717, 1.165) is 0 Å². The summed E-state index contributed by atoms with van der Waals surface area (Å²) in [4.78, 5) is 35.8. The largest absolute Gasteiger partial charge is 0.492 e. The zero-order chi connectivity index (χ0) is 26.1. The molecular weight excluding hydrogens is 466 g/mol.